The summed E-state index contributed by atoms with van der Waals surface area (Å²) in [5.41, 5.74) is -6.87. The number of hydrogen-bond acceptors (Lipinski definition) is 5. The van der Waals surface area contributed by atoms with Crippen molar-refractivity contribution in [1.82, 2.24) is 14.9 Å². The van der Waals surface area contributed by atoms with Gasteiger partial charge in [0, 0.05) is 0 Å². The molecule has 34 heavy (non-hydrogen) atoms. The van der Waals surface area contributed by atoms with Gasteiger partial charge in [0.25, 0.3) is 22.9 Å². The minimum Gasteiger partial charge on any atom is -0.496 e. The molecule has 0 saturated heterocycles. The van der Waals surface area contributed by atoms with Gasteiger partial charge in [0.1, 0.15) is 17.1 Å². The maximum absolute atomic E-state index is 14.5. The van der Waals surface area contributed by atoms with Crippen molar-refractivity contribution in [3.8, 4) is 11.4 Å². The molecule has 0 radical (unpaired) electrons. The Morgan fingerprint density at radius 1 is 1.06 bits per heavy atom. The summed E-state index contributed by atoms with van der Waals surface area (Å²) in [6.07, 6.45) is -5.46. The number of fused-ring (bicyclic) bond motifs is 1. The van der Waals surface area contributed by atoms with Gasteiger partial charge in [0.2, 0.25) is 0 Å². The molecule has 0 spiro atoms. The number of nitrogens with one attached hydrogen (secondary N) is 3. The topological polar surface area (TPSA) is 122 Å². The summed E-state index contributed by atoms with van der Waals surface area (Å²) in [6, 6.07) is 11.5. The molecule has 12 heteroatoms. The molecular formula is C22H17F3N4O5. The number of H-pyrrole nitrogens is 1. The Balaban J connectivity index is 1.97. The molecule has 0 fully saturated rings. The number of aromatic nitrogens is 2. The molecule has 3 N–H and O–H groups in total. The average molecular weight is 474 g/mol. The number of rotatable bonds is 4. The lowest BCUT2D eigenvalue weighted by Gasteiger charge is -2.30. The number of halogens is 3. The van der Waals surface area contributed by atoms with Gasteiger partial charge >= 0.3 is 11.9 Å². The Bertz CT molecular complexity index is 1430. The van der Waals surface area contributed by atoms with E-state index < -0.39 is 46.2 Å². The molecule has 0 aliphatic carbocycles. The first kappa shape index (κ1) is 22.8. The third kappa shape index (κ3) is 3.34. The van der Waals surface area contributed by atoms with Crippen LogP contribution in [-0.4, -0.2) is 34.7 Å². The van der Waals surface area contributed by atoms with Gasteiger partial charge in [-0.15, -0.1) is 0 Å². The molecule has 9 nitrogen and oxygen atoms in total. The predicted molar refractivity (Wildman–Crippen MR) is 114 cm³/mol. The maximum atomic E-state index is 14.5. The summed E-state index contributed by atoms with van der Waals surface area (Å²) >= 11 is 0. The number of para-hydroxylation sites is 1. The summed E-state index contributed by atoms with van der Waals surface area (Å²) in [7, 11) is 1.22. The molecule has 0 saturated carbocycles. The van der Waals surface area contributed by atoms with Crippen LogP contribution in [0.1, 0.15) is 21.5 Å². The first-order valence-corrected chi connectivity index (χ1v) is 9.82. The normalized spacial score (nSPS) is 17.1. The van der Waals surface area contributed by atoms with Gasteiger partial charge in [-0.25, -0.2) is 9.36 Å². The van der Waals surface area contributed by atoms with Crippen LogP contribution in [0, 0.1) is 6.92 Å². The monoisotopic (exact) mass is 474 g/mol. The predicted octanol–water partition coefficient (Wildman–Crippen LogP) is 1.98. The number of anilines is 1. The number of amides is 2. The van der Waals surface area contributed by atoms with Crippen molar-refractivity contribution >= 4 is 17.6 Å². The summed E-state index contributed by atoms with van der Waals surface area (Å²) in [5.74, 6) is -3.80. The van der Waals surface area contributed by atoms with Gasteiger partial charge in [-0.05, 0) is 31.2 Å². The molecule has 1 atom stereocenters. The second kappa shape index (κ2) is 7.90. The molecule has 2 heterocycles. The SMILES string of the molecule is COc1ccccc1C(=O)N[C@]1(C(F)(F)F)C(=O)Nc2c1c(=O)[nH]c(=O)n2-c1ccc(C)cc1. The van der Waals surface area contributed by atoms with E-state index in [2.05, 4.69) is 0 Å². The number of aromatic amines is 1. The Morgan fingerprint density at radius 3 is 2.32 bits per heavy atom. The van der Waals surface area contributed by atoms with Crippen molar-refractivity contribution in [2.24, 2.45) is 0 Å². The largest absolute Gasteiger partial charge is 0.496 e. The summed E-state index contributed by atoms with van der Waals surface area (Å²) < 4.78 is 49.3. The number of nitrogens with zero attached hydrogens (tertiary/aromatic N) is 1. The maximum Gasteiger partial charge on any atom is 0.425 e. The van der Waals surface area contributed by atoms with Crippen LogP contribution < -0.4 is 26.6 Å². The highest BCUT2D eigenvalue weighted by Gasteiger charge is 2.68. The van der Waals surface area contributed by atoms with E-state index in [1.165, 1.54) is 43.5 Å². The van der Waals surface area contributed by atoms with Crippen LogP contribution in [0.2, 0.25) is 0 Å². The number of benzene rings is 2. The van der Waals surface area contributed by atoms with Gasteiger partial charge in [0.05, 0.1) is 18.4 Å². The fraction of sp³-hybridized carbons (Fsp3) is 0.182. The van der Waals surface area contributed by atoms with E-state index in [1.54, 1.807) is 24.4 Å². The van der Waals surface area contributed by atoms with Crippen molar-refractivity contribution in [1.29, 1.82) is 0 Å². The van der Waals surface area contributed by atoms with Gasteiger partial charge in [-0.2, -0.15) is 13.2 Å². The molecule has 1 aromatic heterocycles. The average Bonchev–Trinajstić information content (AvgIpc) is 3.08. The number of carbonyl (C=O) groups excluding carboxylic acids is 2. The van der Waals surface area contributed by atoms with Gasteiger partial charge < -0.3 is 15.4 Å². The summed E-state index contributed by atoms with van der Waals surface area (Å²) in [4.78, 5) is 52.8. The second-order valence-corrected chi connectivity index (χ2v) is 7.51. The molecule has 2 aromatic carbocycles. The smallest absolute Gasteiger partial charge is 0.425 e. The molecule has 3 aromatic rings. The van der Waals surface area contributed by atoms with Gasteiger partial charge in [0.15, 0.2) is 0 Å². The van der Waals surface area contributed by atoms with Crippen molar-refractivity contribution in [3.05, 3.63) is 86.1 Å². The van der Waals surface area contributed by atoms with Crippen LogP contribution in [0.5, 0.6) is 5.75 Å². The first-order chi connectivity index (χ1) is 16.0. The molecule has 0 bridgehead atoms. The lowest BCUT2D eigenvalue weighted by atomic mass is 9.91. The molecule has 1 aliphatic heterocycles. The molecule has 4 rings (SSSR count). The van der Waals surface area contributed by atoms with Crippen molar-refractivity contribution in [3.63, 3.8) is 0 Å². The van der Waals surface area contributed by atoms with Crippen LogP contribution in [-0.2, 0) is 10.3 Å². The lowest BCUT2D eigenvalue weighted by molar-refractivity contribution is -0.196. The quantitative estimate of drug-likeness (QED) is 0.534. The first-order valence-electron chi connectivity index (χ1n) is 9.82. The fourth-order valence-corrected chi connectivity index (χ4v) is 3.79. The van der Waals surface area contributed by atoms with Crippen molar-refractivity contribution in [2.75, 3.05) is 12.4 Å². The van der Waals surface area contributed by atoms with E-state index in [4.69, 9.17) is 4.74 Å². The van der Waals surface area contributed by atoms with Gasteiger partial charge in [-0.3, -0.25) is 19.4 Å². The number of aryl methyl sites for hydroxylation is 1. The zero-order chi connectivity index (χ0) is 24.8. The van der Waals surface area contributed by atoms with Crippen molar-refractivity contribution in [2.45, 2.75) is 18.6 Å². The van der Waals surface area contributed by atoms with E-state index in [0.717, 1.165) is 10.1 Å². The Labute approximate surface area is 189 Å². The number of carbonyl (C=O) groups is 2. The number of methoxy groups -OCH3 is 1. The minimum absolute atomic E-state index is 0.0468. The number of ether oxygens (including phenoxy) is 1. The van der Waals surface area contributed by atoms with E-state index >= 15 is 0 Å². The summed E-state index contributed by atoms with van der Waals surface area (Å²) in [6.45, 7) is 1.76. The molecule has 2 amide bonds. The fourth-order valence-electron chi connectivity index (χ4n) is 3.79. The standard InChI is InChI=1S/C22H17F3N4O5/c1-11-7-9-12(10-8-11)29-16-15(18(31)27-20(29)33)21(19(32)26-16,22(23,24)25)28-17(30)13-5-3-4-6-14(13)34-2/h3-10H,1-2H3,(H,26,32)(H,28,30)(H,27,31,33)/t21-/m0/s1. The van der Waals surface area contributed by atoms with Crippen molar-refractivity contribution < 1.29 is 27.5 Å². The van der Waals surface area contributed by atoms with E-state index in [9.17, 15) is 32.3 Å². The Hall–Kier alpha value is -4.35. The third-order valence-corrected chi connectivity index (χ3v) is 5.43. The molecule has 176 valence electrons. The molecule has 1 aliphatic rings. The zero-order valence-corrected chi connectivity index (χ0v) is 17.7. The highest BCUT2D eigenvalue weighted by molar-refractivity contribution is 6.10. The third-order valence-electron chi connectivity index (χ3n) is 5.43. The zero-order valence-electron chi connectivity index (χ0n) is 17.7. The Morgan fingerprint density at radius 2 is 1.71 bits per heavy atom. The molecular weight excluding hydrogens is 457 g/mol. The molecule has 0 unspecified atom stereocenters. The van der Waals surface area contributed by atoms with E-state index in [0.29, 0.717) is 0 Å². The highest BCUT2D eigenvalue weighted by atomic mass is 19.4. The highest BCUT2D eigenvalue weighted by Crippen LogP contribution is 2.45. The lowest BCUT2D eigenvalue weighted by Crippen LogP contribution is -2.62. The number of hydrogen-bond donors (Lipinski definition) is 3. The van der Waals surface area contributed by atoms with Crippen LogP contribution in [0.15, 0.2) is 58.1 Å². The van der Waals surface area contributed by atoms with Crippen LogP contribution in [0.3, 0.4) is 0 Å². The number of alkyl halides is 3. The van der Waals surface area contributed by atoms with Crippen LogP contribution >= 0.6 is 0 Å². The van der Waals surface area contributed by atoms with Crippen LogP contribution in [0.4, 0.5) is 19.0 Å². The van der Waals surface area contributed by atoms with E-state index in [1.807, 2.05) is 10.3 Å². The van der Waals surface area contributed by atoms with Gasteiger partial charge in [-0.1, -0.05) is 29.8 Å². The Kier molecular flexibility index (Phi) is 5.31. The summed E-state index contributed by atoms with van der Waals surface area (Å²) in [5, 5.41) is 3.67. The van der Waals surface area contributed by atoms with Crippen LogP contribution in [0.25, 0.3) is 5.69 Å². The second-order valence-electron chi connectivity index (χ2n) is 7.51. The minimum atomic E-state index is -5.46. The van der Waals surface area contributed by atoms with E-state index in [-0.39, 0.29) is 17.0 Å².